The lowest BCUT2D eigenvalue weighted by Crippen LogP contribution is -2.23. The number of nitrogens with one attached hydrogen (secondary N) is 1. The predicted molar refractivity (Wildman–Crippen MR) is 135 cm³/mol. The van der Waals surface area contributed by atoms with Crippen LogP contribution in [0, 0.1) is 0 Å². The molecule has 0 fully saturated rings. The fourth-order valence-corrected chi connectivity index (χ4v) is 4.57. The monoisotopic (exact) mass is 453 g/mol. The minimum atomic E-state index is -0.539. The first-order valence-corrected chi connectivity index (χ1v) is 11.5. The normalized spacial score (nSPS) is 11.6. The molecule has 0 saturated heterocycles. The zero-order chi connectivity index (χ0) is 23.0. The Balaban J connectivity index is 1.49. The van der Waals surface area contributed by atoms with Crippen LogP contribution < -0.4 is 5.32 Å². The van der Waals surface area contributed by atoms with E-state index in [4.69, 9.17) is 9.72 Å². The molecule has 0 unspecified atom stereocenters. The summed E-state index contributed by atoms with van der Waals surface area (Å²) in [7, 11) is 0. The third-order valence-corrected chi connectivity index (χ3v) is 6.15. The molecule has 5 rings (SSSR count). The molecule has 2 aromatic heterocycles. The van der Waals surface area contributed by atoms with Crippen LogP contribution in [-0.2, 0) is 4.74 Å². The summed E-state index contributed by atoms with van der Waals surface area (Å²) in [6.07, 6.45) is 1.80. The second-order valence-electron chi connectivity index (χ2n) is 8.79. The molecule has 0 amide bonds. The van der Waals surface area contributed by atoms with Crippen molar-refractivity contribution in [3.63, 3.8) is 0 Å². The number of hydrogen-bond acceptors (Lipinski definition) is 6. The largest absolute Gasteiger partial charge is 0.456 e. The summed E-state index contributed by atoms with van der Waals surface area (Å²) in [5.41, 5.74) is 3.43. The number of fused-ring (bicyclic) bond motifs is 3. The van der Waals surface area contributed by atoms with E-state index in [9.17, 15) is 4.79 Å². The van der Waals surface area contributed by atoms with E-state index in [2.05, 4.69) is 34.6 Å². The van der Waals surface area contributed by atoms with Crippen molar-refractivity contribution < 1.29 is 9.53 Å². The standard InChI is InChI=1S/C27H23N3O2S/c1-27(2,3)32-25(31)23-15-21-22(33-23)13-12-19-16-28-26(30-24(19)21)29-20-11-7-10-18(14-20)17-8-5-4-6-9-17/h4-16H,1-3H3,(H,28,29,30). The summed E-state index contributed by atoms with van der Waals surface area (Å²) < 4.78 is 6.53. The summed E-state index contributed by atoms with van der Waals surface area (Å²) in [5.74, 6) is 0.187. The molecule has 0 bridgehead atoms. The molecule has 6 heteroatoms. The Labute approximate surface area is 196 Å². The summed E-state index contributed by atoms with van der Waals surface area (Å²) in [6, 6.07) is 24.2. The van der Waals surface area contributed by atoms with Crippen molar-refractivity contribution in [1.82, 2.24) is 9.97 Å². The number of thiophene rings is 1. The van der Waals surface area contributed by atoms with Crippen LogP contribution in [0.2, 0.25) is 0 Å². The quantitative estimate of drug-likeness (QED) is 0.291. The first kappa shape index (κ1) is 21.1. The Morgan fingerprint density at radius 1 is 0.939 bits per heavy atom. The zero-order valence-electron chi connectivity index (χ0n) is 18.6. The third-order valence-electron chi connectivity index (χ3n) is 5.07. The van der Waals surface area contributed by atoms with Crippen molar-refractivity contribution in [2.45, 2.75) is 26.4 Å². The predicted octanol–water partition coefficient (Wildman–Crippen LogP) is 7.21. The van der Waals surface area contributed by atoms with Gasteiger partial charge in [-0.1, -0.05) is 42.5 Å². The number of hydrogen-bond donors (Lipinski definition) is 1. The van der Waals surface area contributed by atoms with Crippen molar-refractivity contribution >= 4 is 49.9 Å². The average Bonchev–Trinajstić information content (AvgIpc) is 3.24. The molecule has 0 radical (unpaired) electrons. The highest BCUT2D eigenvalue weighted by Crippen LogP contribution is 2.33. The lowest BCUT2D eigenvalue weighted by molar-refractivity contribution is 0.00753. The zero-order valence-corrected chi connectivity index (χ0v) is 19.4. The van der Waals surface area contributed by atoms with Crippen LogP contribution in [0.15, 0.2) is 79.0 Å². The second kappa shape index (κ2) is 8.30. The van der Waals surface area contributed by atoms with Crippen molar-refractivity contribution in [2.24, 2.45) is 0 Å². The molecule has 0 aliphatic carbocycles. The maximum absolute atomic E-state index is 12.6. The Hall–Kier alpha value is -3.77. The first-order valence-electron chi connectivity index (χ1n) is 10.7. The molecule has 164 valence electrons. The maximum Gasteiger partial charge on any atom is 0.348 e. The minimum Gasteiger partial charge on any atom is -0.456 e. The summed E-state index contributed by atoms with van der Waals surface area (Å²) >= 11 is 1.41. The number of nitrogens with zero attached hydrogens (tertiary/aromatic N) is 2. The number of ether oxygens (including phenoxy) is 1. The molecule has 0 aliphatic heterocycles. The molecule has 5 aromatic rings. The first-order chi connectivity index (χ1) is 15.9. The van der Waals surface area contributed by atoms with E-state index < -0.39 is 5.60 Å². The van der Waals surface area contributed by atoms with Gasteiger partial charge in [0.25, 0.3) is 0 Å². The molecular weight excluding hydrogens is 430 g/mol. The fraction of sp³-hybridized carbons (Fsp3) is 0.148. The number of carbonyl (C=O) groups excluding carboxylic acids is 1. The average molecular weight is 454 g/mol. The van der Waals surface area contributed by atoms with Gasteiger partial charge in [-0.05, 0) is 62.2 Å². The number of anilines is 2. The SMILES string of the molecule is CC(C)(C)OC(=O)c1cc2c(ccc3cnc(Nc4cccc(-c5ccccc5)c4)nc32)s1. The number of carbonyl (C=O) groups is 1. The molecule has 2 heterocycles. The van der Waals surface area contributed by atoms with Gasteiger partial charge >= 0.3 is 5.97 Å². The molecular formula is C27H23N3O2S. The fourth-order valence-electron chi connectivity index (χ4n) is 3.63. The van der Waals surface area contributed by atoms with Crippen LogP contribution in [0.3, 0.4) is 0 Å². The van der Waals surface area contributed by atoms with Gasteiger partial charge in [0.05, 0.1) is 5.52 Å². The van der Waals surface area contributed by atoms with Crippen LogP contribution in [0.4, 0.5) is 11.6 Å². The van der Waals surface area contributed by atoms with Gasteiger partial charge in [-0.3, -0.25) is 0 Å². The number of rotatable bonds is 4. The Morgan fingerprint density at radius 2 is 1.73 bits per heavy atom. The smallest absolute Gasteiger partial charge is 0.348 e. The van der Waals surface area contributed by atoms with E-state index in [0.29, 0.717) is 10.8 Å². The van der Waals surface area contributed by atoms with Gasteiger partial charge < -0.3 is 10.1 Å². The Morgan fingerprint density at radius 3 is 2.52 bits per heavy atom. The Bertz CT molecular complexity index is 1470. The maximum atomic E-state index is 12.6. The van der Waals surface area contributed by atoms with E-state index in [0.717, 1.165) is 37.8 Å². The van der Waals surface area contributed by atoms with Gasteiger partial charge in [0.15, 0.2) is 0 Å². The van der Waals surface area contributed by atoms with Gasteiger partial charge in [0, 0.05) is 27.4 Å². The van der Waals surface area contributed by atoms with Crippen LogP contribution in [0.5, 0.6) is 0 Å². The molecule has 0 atom stereocenters. The highest BCUT2D eigenvalue weighted by molar-refractivity contribution is 7.20. The van der Waals surface area contributed by atoms with Crippen molar-refractivity contribution in [1.29, 1.82) is 0 Å². The topological polar surface area (TPSA) is 64.1 Å². The van der Waals surface area contributed by atoms with E-state index in [-0.39, 0.29) is 5.97 Å². The van der Waals surface area contributed by atoms with Crippen LogP contribution in [0.25, 0.3) is 32.1 Å². The molecule has 3 aromatic carbocycles. The highest BCUT2D eigenvalue weighted by atomic mass is 32.1. The van der Waals surface area contributed by atoms with Gasteiger partial charge in [-0.15, -0.1) is 11.3 Å². The summed E-state index contributed by atoms with van der Waals surface area (Å²) in [4.78, 5) is 22.4. The van der Waals surface area contributed by atoms with Crippen molar-refractivity contribution in [3.8, 4) is 11.1 Å². The van der Waals surface area contributed by atoms with Gasteiger partial charge in [0.1, 0.15) is 10.5 Å². The van der Waals surface area contributed by atoms with E-state index in [1.807, 2.05) is 69.3 Å². The molecule has 0 aliphatic rings. The van der Waals surface area contributed by atoms with E-state index in [1.165, 1.54) is 11.3 Å². The van der Waals surface area contributed by atoms with E-state index >= 15 is 0 Å². The van der Waals surface area contributed by atoms with Crippen molar-refractivity contribution in [2.75, 3.05) is 5.32 Å². The lowest BCUT2D eigenvalue weighted by atomic mass is 10.1. The molecule has 1 N–H and O–H groups in total. The second-order valence-corrected chi connectivity index (χ2v) is 9.88. The van der Waals surface area contributed by atoms with E-state index in [1.54, 1.807) is 6.20 Å². The Kier molecular flexibility index (Phi) is 5.30. The molecule has 0 spiro atoms. The molecule has 0 saturated carbocycles. The summed E-state index contributed by atoms with van der Waals surface area (Å²) in [5, 5.41) is 5.16. The van der Waals surface area contributed by atoms with Crippen LogP contribution >= 0.6 is 11.3 Å². The van der Waals surface area contributed by atoms with Crippen molar-refractivity contribution in [3.05, 3.63) is 83.9 Å². The number of benzene rings is 3. The summed E-state index contributed by atoms with van der Waals surface area (Å²) in [6.45, 7) is 5.60. The molecule has 5 nitrogen and oxygen atoms in total. The van der Waals surface area contributed by atoms with Gasteiger partial charge in [0.2, 0.25) is 5.95 Å². The molecule has 33 heavy (non-hydrogen) atoms. The van der Waals surface area contributed by atoms with Crippen LogP contribution in [-0.4, -0.2) is 21.5 Å². The number of aromatic nitrogens is 2. The minimum absolute atomic E-state index is 0.318. The van der Waals surface area contributed by atoms with Crippen LogP contribution in [0.1, 0.15) is 30.4 Å². The third kappa shape index (κ3) is 4.56. The highest BCUT2D eigenvalue weighted by Gasteiger charge is 2.20. The van der Waals surface area contributed by atoms with Gasteiger partial charge in [-0.25, -0.2) is 14.8 Å². The van der Waals surface area contributed by atoms with Gasteiger partial charge in [-0.2, -0.15) is 0 Å². The lowest BCUT2D eigenvalue weighted by Gasteiger charge is -2.18. The number of esters is 1.